The lowest BCUT2D eigenvalue weighted by atomic mass is 9.95. The summed E-state index contributed by atoms with van der Waals surface area (Å²) in [5.41, 5.74) is 4.00. The highest BCUT2D eigenvalue weighted by Gasteiger charge is 2.26. The van der Waals surface area contributed by atoms with Crippen molar-refractivity contribution in [2.24, 2.45) is 0 Å². The van der Waals surface area contributed by atoms with Crippen molar-refractivity contribution in [3.63, 3.8) is 0 Å². The number of aryl methyl sites for hydroxylation is 1. The number of nitrogens with zero attached hydrogens (tertiary/aromatic N) is 3. The van der Waals surface area contributed by atoms with E-state index < -0.39 is 5.82 Å². The molecule has 0 radical (unpaired) electrons. The lowest BCUT2D eigenvalue weighted by Gasteiger charge is -2.39. The number of carbonyl (C=O) groups is 1. The van der Waals surface area contributed by atoms with Crippen molar-refractivity contribution in [1.82, 2.24) is 15.1 Å². The third-order valence-electron chi connectivity index (χ3n) is 6.39. The normalized spacial score (nSPS) is 18.7. The molecule has 1 amide bonds. The standard InChI is InChI=1S/C24H31FN4O/c1-27-12-14-29(15-13-27)23(17-26-24(30)20-7-3-4-8-21(20)25)19-9-10-22-18(16-19)6-5-11-28(22)2/h3-4,7-10,16,23H,5-6,11-15,17H2,1-2H3,(H,26,30)/t23-/m0/s1. The van der Waals surface area contributed by atoms with Gasteiger partial charge in [-0.1, -0.05) is 24.3 Å². The predicted octanol–water partition coefficient (Wildman–Crippen LogP) is 2.93. The number of hydrogen-bond acceptors (Lipinski definition) is 4. The summed E-state index contributed by atoms with van der Waals surface area (Å²) in [6, 6.07) is 12.9. The monoisotopic (exact) mass is 410 g/mol. The molecule has 1 atom stereocenters. The van der Waals surface area contributed by atoms with E-state index in [0.717, 1.165) is 45.6 Å². The van der Waals surface area contributed by atoms with Gasteiger partial charge in [0, 0.05) is 52.0 Å². The van der Waals surface area contributed by atoms with E-state index in [2.05, 4.69) is 52.3 Å². The van der Waals surface area contributed by atoms with E-state index in [0.29, 0.717) is 6.54 Å². The summed E-state index contributed by atoms with van der Waals surface area (Å²) < 4.78 is 14.0. The van der Waals surface area contributed by atoms with Crippen LogP contribution >= 0.6 is 0 Å². The highest BCUT2D eigenvalue weighted by Crippen LogP contribution is 2.31. The zero-order chi connectivity index (χ0) is 21.1. The highest BCUT2D eigenvalue weighted by atomic mass is 19.1. The summed E-state index contributed by atoms with van der Waals surface area (Å²) in [4.78, 5) is 19.7. The molecule has 160 valence electrons. The molecule has 2 aliphatic rings. The van der Waals surface area contributed by atoms with Crippen LogP contribution in [-0.4, -0.2) is 69.1 Å². The molecule has 0 aliphatic carbocycles. The Morgan fingerprint density at radius 1 is 1.07 bits per heavy atom. The van der Waals surface area contributed by atoms with Gasteiger partial charge < -0.3 is 15.1 Å². The first kappa shape index (κ1) is 20.8. The van der Waals surface area contributed by atoms with Gasteiger partial charge in [0.15, 0.2) is 0 Å². The van der Waals surface area contributed by atoms with Gasteiger partial charge in [0.05, 0.1) is 11.6 Å². The van der Waals surface area contributed by atoms with Crippen LogP contribution in [0.15, 0.2) is 42.5 Å². The van der Waals surface area contributed by atoms with Crippen LogP contribution in [0.4, 0.5) is 10.1 Å². The first-order valence-corrected chi connectivity index (χ1v) is 10.8. The number of piperazine rings is 1. The molecule has 0 unspecified atom stereocenters. The quantitative estimate of drug-likeness (QED) is 0.823. The first-order valence-electron chi connectivity index (χ1n) is 10.8. The fourth-order valence-corrected chi connectivity index (χ4v) is 4.53. The molecule has 30 heavy (non-hydrogen) atoms. The Hall–Kier alpha value is -2.44. The van der Waals surface area contributed by atoms with Crippen molar-refractivity contribution in [2.75, 3.05) is 58.3 Å². The summed E-state index contributed by atoms with van der Waals surface area (Å²) in [7, 11) is 4.28. The largest absolute Gasteiger partial charge is 0.374 e. The lowest BCUT2D eigenvalue weighted by Crippen LogP contribution is -2.48. The number of halogens is 1. The minimum Gasteiger partial charge on any atom is -0.374 e. The van der Waals surface area contributed by atoms with E-state index in [9.17, 15) is 9.18 Å². The molecule has 2 aromatic carbocycles. The minimum atomic E-state index is -0.483. The third kappa shape index (κ3) is 4.50. The van der Waals surface area contributed by atoms with Gasteiger partial charge in [-0.3, -0.25) is 9.69 Å². The minimum absolute atomic E-state index is 0.0759. The Labute approximate surface area is 178 Å². The smallest absolute Gasteiger partial charge is 0.254 e. The summed E-state index contributed by atoms with van der Waals surface area (Å²) >= 11 is 0. The molecule has 2 heterocycles. The summed E-state index contributed by atoms with van der Waals surface area (Å²) in [6.45, 7) is 5.47. The Morgan fingerprint density at radius 2 is 1.83 bits per heavy atom. The molecule has 4 rings (SSSR count). The maximum absolute atomic E-state index is 14.0. The van der Waals surface area contributed by atoms with Gasteiger partial charge in [-0.15, -0.1) is 0 Å². The van der Waals surface area contributed by atoms with E-state index in [1.165, 1.54) is 28.9 Å². The Bertz CT molecular complexity index is 895. The van der Waals surface area contributed by atoms with Crippen LogP contribution in [0.1, 0.15) is 33.9 Å². The van der Waals surface area contributed by atoms with E-state index in [1.807, 2.05) is 0 Å². The summed E-state index contributed by atoms with van der Waals surface area (Å²) in [5, 5.41) is 2.99. The Morgan fingerprint density at radius 3 is 2.60 bits per heavy atom. The number of fused-ring (bicyclic) bond motifs is 1. The zero-order valence-corrected chi connectivity index (χ0v) is 17.9. The van der Waals surface area contributed by atoms with Crippen LogP contribution in [0.2, 0.25) is 0 Å². The topological polar surface area (TPSA) is 38.8 Å². The summed E-state index contributed by atoms with van der Waals surface area (Å²) in [6.07, 6.45) is 2.25. The number of hydrogen-bond donors (Lipinski definition) is 1. The van der Waals surface area contributed by atoms with Crippen molar-refractivity contribution in [1.29, 1.82) is 0 Å². The molecule has 2 aliphatic heterocycles. The highest BCUT2D eigenvalue weighted by molar-refractivity contribution is 5.94. The van der Waals surface area contributed by atoms with Crippen LogP contribution in [0, 0.1) is 5.82 Å². The second kappa shape index (κ2) is 9.14. The van der Waals surface area contributed by atoms with Gasteiger partial charge >= 0.3 is 0 Å². The van der Waals surface area contributed by atoms with Gasteiger partial charge in [0.25, 0.3) is 5.91 Å². The fraction of sp³-hybridized carbons (Fsp3) is 0.458. The lowest BCUT2D eigenvalue weighted by molar-refractivity contribution is 0.0883. The van der Waals surface area contributed by atoms with Crippen molar-refractivity contribution >= 4 is 11.6 Å². The molecule has 1 fully saturated rings. The van der Waals surface area contributed by atoms with Gasteiger partial charge in [0.2, 0.25) is 0 Å². The number of rotatable bonds is 5. The van der Waals surface area contributed by atoms with E-state index in [4.69, 9.17) is 0 Å². The summed E-state index contributed by atoms with van der Waals surface area (Å²) in [5.74, 6) is -0.840. The number of anilines is 1. The molecular weight excluding hydrogens is 379 g/mol. The Balaban J connectivity index is 1.56. The second-order valence-corrected chi connectivity index (χ2v) is 8.46. The number of likely N-dealkylation sites (N-methyl/N-ethyl adjacent to an activating group) is 1. The van der Waals surface area contributed by atoms with Crippen LogP contribution in [-0.2, 0) is 6.42 Å². The van der Waals surface area contributed by atoms with E-state index >= 15 is 0 Å². The molecule has 2 aromatic rings. The first-order chi connectivity index (χ1) is 14.5. The molecular formula is C24H31FN4O. The number of carbonyl (C=O) groups excluding carboxylic acids is 1. The van der Waals surface area contributed by atoms with Crippen LogP contribution in [0.3, 0.4) is 0 Å². The maximum Gasteiger partial charge on any atom is 0.254 e. The average molecular weight is 411 g/mol. The van der Waals surface area contributed by atoms with Crippen molar-refractivity contribution in [2.45, 2.75) is 18.9 Å². The molecule has 1 N–H and O–H groups in total. The zero-order valence-electron chi connectivity index (χ0n) is 17.9. The van der Waals surface area contributed by atoms with Gasteiger partial charge in [-0.05, 0) is 49.2 Å². The fourth-order valence-electron chi connectivity index (χ4n) is 4.53. The Kier molecular flexibility index (Phi) is 6.35. The molecule has 0 saturated carbocycles. The van der Waals surface area contributed by atoms with Crippen molar-refractivity contribution < 1.29 is 9.18 Å². The number of amides is 1. The molecule has 5 nitrogen and oxygen atoms in total. The SMILES string of the molecule is CN1CCN([C@@H](CNC(=O)c2ccccc2F)c2ccc3c(c2)CCCN3C)CC1. The second-order valence-electron chi connectivity index (χ2n) is 8.46. The molecule has 0 aromatic heterocycles. The third-order valence-corrected chi connectivity index (χ3v) is 6.39. The van der Waals surface area contributed by atoms with Crippen LogP contribution < -0.4 is 10.2 Å². The predicted molar refractivity (Wildman–Crippen MR) is 119 cm³/mol. The van der Waals surface area contributed by atoms with Crippen LogP contribution in [0.5, 0.6) is 0 Å². The van der Waals surface area contributed by atoms with E-state index in [1.54, 1.807) is 12.1 Å². The van der Waals surface area contributed by atoms with Crippen LogP contribution in [0.25, 0.3) is 0 Å². The van der Waals surface area contributed by atoms with Crippen molar-refractivity contribution in [3.05, 3.63) is 65.0 Å². The average Bonchev–Trinajstić information content (AvgIpc) is 2.75. The maximum atomic E-state index is 14.0. The molecule has 1 saturated heterocycles. The molecule has 0 bridgehead atoms. The molecule has 6 heteroatoms. The van der Waals surface area contributed by atoms with Crippen molar-refractivity contribution in [3.8, 4) is 0 Å². The van der Waals surface area contributed by atoms with Gasteiger partial charge in [0.1, 0.15) is 5.82 Å². The van der Waals surface area contributed by atoms with Gasteiger partial charge in [-0.2, -0.15) is 0 Å². The van der Waals surface area contributed by atoms with E-state index in [-0.39, 0.29) is 17.5 Å². The number of nitrogens with one attached hydrogen (secondary N) is 1. The number of benzene rings is 2. The molecule has 0 spiro atoms. The van der Waals surface area contributed by atoms with Gasteiger partial charge in [-0.25, -0.2) is 4.39 Å².